The third kappa shape index (κ3) is 27.3. The molecule has 0 fully saturated rings. The van der Waals surface area contributed by atoms with Gasteiger partial charge >= 0.3 is 11.9 Å². The van der Waals surface area contributed by atoms with Crippen molar-refractivity contribution >= 4 is 11.9 Å². The predicted octanol–water partition coefficient (Wildman–Crippen LogP) is 11.8. The summed E-state index contributed by atoms with van der Waals surface area (Å²) in [5.74, 6) is -0.873. The third-order valence-electron chi connectivity index (χ3n) is 8.39. The van der Waals surface area contributed by atoms with E-state index in [-0.39, 0.29) is 24.0 Å². The van der Waals surface area contributed by atoms with Gasteiger partial charge in [0, 0.05) is 6.92 Å². The van der Waals surface area contributed by atoms with E-state index in [1.807, 2.05) is 0 Å². The second-order valence-corrected chi connectivity index (χ2v) is 12.3. The van der Waals surface area contributed by atoms with Crippen LogP contribution in [-0.4, -0.2) is 25.2 Å². The van der Waals surface area contributed by atoms with E-state index < -0.39 is 0 Å². The van der Waals surface area contributed by atoms with E-state index in [1.54, 1.807) is 0 Å². The lowest BCUT2D eigenvalue weighted by atomic mass is 9.91. The molecule has 0 radical (unpaired) electrons. The average Bonchev–Trinajstić information content (AvgIpc) is 2.96. The molecule has 0 aromatic heterocycles. The van der Waals surface area contributed by atoms with Gasteiger partial charge in [0.15, 0.2) is 0 Å². The summed E-state index contributed by atoms with van der Waals surface area (Å²) in [5, 5.41) is 0. The first-order valence-corrected chi connectivity index (χ1v) is 18.0. The van der Waals surface area contributed by atoms with Crippen LogP contribution in [0.2, 0.25) is 0 Å². The van der Waals surface area contributed by atoms with Crippen molar-refractivity contribution in [3.63, 3.8) is 0 Å². The SMILES string of the molecule is CCCCCCCCC=CCCCCCCCC(OC(C)=O)C(CCCCCCCCCCCCCC)C(=O)OC. The van der Waals surface area contributed by atoms with E-state index in [0.717, 1.165) is 38.5 Å². The van der Waals surface area contributed by atoms with Crippen LogP contribution >= 0.6 is 0 Å². The molecule has 0 rings (SSSR count). The van der Waals surface area contributed by atoms with Crippen molar-refractivity contribution in [1.82, 2.24) is 0 Å². The monoisotopic (exact) mass is 579 g/mol. The van der Waals surface area contributed by atoms with Gasteiger partial charge < -0.3 is 9.47 Å². The molecule has 0 aliphatic rings. The molecule has 2 unspecified atom stereocenters. The standard InChI is InChI=1S/C37H70O4/c1-5-7-9-11-13-15-17-19-20-21-23-25-27-29-31-33-36(41-34(3)38)35(37(39)40-4)32-30-28-26-24-22-18-16-14-12-10-8-6-2/h19-20,35-36H,5-18,21-33H2,1-4H3. The van der Waals surface area contributed by atoms with Gasteiger partial charge in [0.2, 0.25) is 0 Å². The molecule has 0 N–H and O–H groups in total. The molecule has 0 saturated carbocycles. The van der Waals surface area contributed by atoms with Crippen molar-refractivity contribution in [2.24, 2.45) is 5.92 Å². The molecule has 0 aliphatic heterocycles. The first-order chi connectivity index (χ1) is 20.1. The van der Waals surface area contributed by atoms with Gasteiger partial charge in [0.05, 0.1) is 13.0 Å². The average molecular weight is 579 g/mol. The summed E-state index contributed by atoms with van der Waals surface area (Å²) in [6, 6.07) is 0. The Morgan fingerprint density at radius 3 is 1.29 bits per heavy atom. The normalized spacial score (nSPS) is 13.0. The number of methoxy groups -OCH3 is 1. The highest BCUT2D eigenvalue weighted by molar-refractivity contribution is 5.74. The minimum Gasteiger partial charge on any atom is -0.469 e. The van der Waals surface area contributed by atoms with Crippen LogP contribution in [0.1, 0.15) is 194 Å². The molecule has 242 valence electrons. The Kier molecular flexibility index (Phi) is 30.6. The maximum Gasteiger partial charge on any atom is 0.312 e. The molecule has 0 bridgehead atoms. The summed E-state index contributed by atoms with van der Waals surface area (Å²) in [6.45, 7) is 5.99. The van der Waals surface area contributed by atoms with Crippen LogP contribution in [0.5, 0.6) is 0 Å². The van der Waals surface area contributed by atoms with Crippen LogP contribution in [-0.2, 0) is 19.1 Å². The summed E-state index contributed by atoms with van der Waals surface area (Å²) in [6.07, 6.45) is 37.7. The number of hydrogen-bond acceptors (Lipinski definition) is 4. The molecule has 2 atom stereocenters. The van der Waals surface area contributed by atoms with E-state index in [9.17, 15) is 9.59 Å². The molecule has 0 heterocycles. The summed E-state index contributed by atoms with van der Waals surface area (Å²) in [4.78, 5) is 24.4. The minimum atomic E-state index is -0.363. The zero-order valence-electron chi connectivity index (χ0n) is 28.0. The molecule has 0 saturated heterocycles. The largest absolute Gasteiger partial charge is 0.469 e. The first-order valence-electron chi connectivity index (χ1n) is 18.0. The Hall–Kier alpha value is -1.32. The smallest absolute Gasteiger partial charge is 0.312 e. The van der Waals surface area contributed by atoms with Gasteiger partial charge in [-0.2, -0.15) is 0 Å². The second kappa shape index (κ2) is 31.6. The van der Waals surface area contributed by atoms with Crippen molar-refractivity contribution in [3.05, 3.63) is 12.2 Å². The summed E-state index contributed by atoms with van der Waals surface area (Å²) in [7, 11) is 1.45. The zero-order chi connectivity index (χ0) is 30.2. The lowest BCUT2D eigenvalue weighted by Gasteiger charge is -2.25. The fraction of sp³-hybridized carbons (Fsp3) is 0.892. The van der Waals surface area contributed by atoms with Gasteiger partial charge in [-0.15, -0.1) is 0 Å². The first kappa shape index (κ1) is 39.7. The maximum absolute atomic E-state index is 12.6. The van der Waals surface area contributed by atoms with E-state index >= 15 is 0 Å². The van der Waals surface area contributed by atoms with Crippen molar-refractivity contribution in [2.45, 2.75) is 200 Å². The highest BCUT2D eigenvalue weighted by Crippen LogP contribution is 2.24. The number of hydrogen-bond donors (Lipinski definition) is 0. The molecule has 4 nitrogen and oxygen atoms in total. The number of esters is 2. The molecule has 0 aromatic carbocycles. The Labute approximate surface area is 256 Å². The molecule has 0 amide bonds. The van der Waals surface area contributed by atoms with Crippen molar-refractivity contribution in [2.75, 3.05) is 7.11 Å². The number of carbonyl (C=O) groups is 2. The van der Waals surface area contributed by atoms with E-state index in [2.05, 4.69) is 26.0 Å². The summed E-state index contributed by atoms with van der Waals surface area (Å²) >= 11 is 0. The van der Waals surface area contributed by atoms with Gasteiger partial charge in [-0.1, -0.05) is 154 Å². The van der Waals surface area contributed by atoms with Gasteiger partial charge in [-0.3, -0.25) is 9.59 Å². The second-order valence-electron chi connectivity index (χ2n) is 12.3. The predicted molar refractivity (Wildman–Crippen MR) is 176 cm³/mol. The Morgan fingerprint density at radius 2 is 0.902 bits per heavy atom. The quantitative estimate of drug-likeness (QED) is 0.0466. The fourth-order valence-electron chi connectivity index (χ4n) is 5.78. The number of ether oxygens (including phenoxy) is 2. The van der Waals surface area contributed by atoms with Crippen LogP contribution < -0.4 is 0 Å². The molecule has 41 heavy (non-hydrogen) atoms. The van der Waals surface area contributed by atoms with Crippen molar-refractivity contribution < 1.29 is 19.1 Å². The summed E-state index contributed by atoms with van der Waals surface area (Å²) < 4.78 is 10.8. The molecule has 0 aromatic rings. The van der Waals surface area contributed by atoms with E-state index in [4.69, 9.17) is 9.47 Å². The van der Waals surface area contributed by atoms with Gasteiger partial charge in [0.1, 0.15) is 6.10 Å². The van der Waals surface area contributed by atoms with Gasteiger partial charge in [-0.25, -0.2) is 0 Å². The number of allylic oxidation sites excluding steroid dienone is 2. The highest BCUT2D eigenvalue weighted by atomic mass is 16.6. The van der Waals surface area contributed by atoms with Crippen LogP contribution in [0.25, 0.3) is 0 Å². The molecule has 0 aliphatic carbocycles. The molecule has 4 heteroatoms. The fourth-order valence-corrected chi connectivity index (χ4v) is 5.78. The molecular weight excluding hydrogens is 508 g/mol. The van der Waals surface area contributed by atoms with E-state index in [1.165, 1.54) is 149 Å². The van der Waals surface area contributed by atoms with Gasteiger partial charge in [0.25, 0.3) is 0 Å². The number of carbonyl (C=O) groups excluding carboxylic acids is 2. The number of unbranched alkanes of at least 4 members (excludes halogenated alkanes) is 22. The minimum absolute atomic E-state index is 0.230. The molecule has 0 spiro atoms. The van der Waals surface area contributed by atoms with Crippen molar-refractivity contribution in [1.29, 1.82) is 0 Å². The maximum atomic E-state index is 12.6. The summed E-state index contributed by atoms with van der Waals surface area (Å²) in [5.41, 5.74) is 0. The van der Waals surface area contributed by atoms with Crippen LogP contribution in [0.4, 0.5) is 0 Å². The Morgan fingerprint density at radius 1 is 0.537 bits per heavy atom. The lowest BCUT2D eigenvalue weighted by molar-refractivity contribution is -0.160. The van der Waals surface area contributed by atoms with Crippen LogP contribution in [0, 0.1) is 5.92 Å². The lowest BCUT2D eigenvalue weighted by Crippen LogP contribution is -2.33. The van der Waals surface area contributed by atoms with Crippen molar-refractivity contribution in [3.8, 4) is 0 Å². The molecular formula is C37H70O4. The Bertz CT molecular complexity index is 600. The topological polar surface area (TPSA) is 52.6 Å². The van der Waals surface area contributed by atoms with E-state index in [0.29, 0.717) is 0 Å². The number of rotatable bonds is 31. The van der Waals surface area contributed by atoms with Gasteiger partial charge in [-0.05, 0) is 44.9 Å². The van der Waals surface area contributed by atoms with Crippen LogP contribution in [0.15, 0.2) is 12.2 Å². The van der Waals surface area contributed by atoms with Crippen LogP contribution in [0.3, 0.4) is 0 Å². The Balaban J connectivity index is 4.10. The highest BCUT2D eigenvalue weighted by Gasteiger charge is 2.30. The zero-order valence-corrected chi connectivity index (χ0v) is 28.0. The third-order valence-corrected chi connectivity index (χ3v) is 8.39.